The summed E-state index contributed by atoms with van der Waals surface area (Å²) in [5.74, 6) is 5.51. The molecule has 0 aromatic heterocycles. The second kappa shape index (κ2) is 10.8. The Hall–Kier alpha value is -0.990. The van der Waals surface area contributed by atoms with E-state index in [9.17, 15) is 4.79 Å². The minimum atomic E-state index is -0.477. The van der Waals surface area contributed by atoms with Gasteiger partial charge in [0.2, 0.25) is 0 Å². The molecule has 8 atom stereocenters. The lowest BCUT2D eigenvalue weighted by Crippen LogP contribution is -2.51. The third-order valence-corrected chi connectivity index (χ3v) is 11.1. The van der Waals surface area contributed by atoms with Crippen LogP contribution in [0.1, 0.15) is 119 Å². The van der Waals surface area contributed by atoms with Crippen LogP contribution >= 0.6 is 0 Å². The maximum absolute atomic E-state index is 12.2. The lowest BCUT2D eigenvalue weighted by Gasteiger charge is -2.58. The number of carbonyl (C=O) groups excluding carboxylic acids is 1. The van der Waals surface area contributed by atoms with Gasteiger partial charge in [0.1, 0.15) is 6.10 Å². The van der Waals surface area contributed by atoms with Crippen LogP contribution in [0.15, 0.2) is 11.6 Å². The zero-order chi connectivity index (χ0) is 25.4. The molecule has 3 heteroatoms. The smallest absolute Gasteiger partial charge is 0.434 e. The largest absolute Gasteiger partial charge is 0.508 e. The molecule has 0 saturated heterocycles. The highest BCUT2D eigenvalue weighted by Gasteiger charge is 2.59. The monoisotopic (exact) mass is 486 g/mol. The molecule has 0 aliphatic heterocycles. The maximum Gasteiger partial charge on any atom is 0.508 e. The molecule has 0 aromatic rings. The zero-order valence-corrected chi connectivity index (χ0v) is 23.9. The van der Waals surface area contributed by atoms with Gasteiger partial charge in [0, 0.05) is 6.42 Å². The SMILES string of the molecule is CC(C)CCC[C@@H](C)[C@H]1CC[C@H]2[C@@H]3CC=C4C[C@@H](OC(=O)OCC(C)C)CC[C@]4(C)[C@H]3CC[C@]12C. The summed E-state index contributed by atoms with van der Waals surface area (Å²) in [7, 11) is 0. The minimum absolute atomic E-state index is 0.0121. The van der Waals surface area contributed by atoms with Gasteiger partial charge in [0.05, 0.1) is 6.61 Å². The quantitative estimate of drug-likeness (QED) is 0.253. The first-order valence-corrected chi connectivity index (χ1v) is 15.1. The normalized spacial score (nSPS) is 39.5. The Morgan fingerprint density at radius 1 is 0.971 bits per heavy atom. The van der Waals surface area contributed by atoms with Gasteiger partial charge in [-0.05, 0) is 97.2 Å². The second-order valence-corrected chi connectivity index (χ2v) is 14.2. The Bertz CT molecular complexity index is 769. The molecule has 0 N–H and O–H groups in total. The molecule has 0 amide bonds. The van der Waals surface area contributed by atoms with Gasteiger partial charge >= 0.3 is 6.16 Å². The molecule has 0 heterocycles. The van der Waals surface area contributed by atoms with E-state index in [1.165, 1.54) is 51.4 Å². The predicted molar refractivity (Wildman–Crippen MR) is 144 cm³/mol. The maximum atomic E-state index is 12.2. The van der Waals surface area contributed by atoms with Crippen LogP contribution in [0.2, 0.25) is 0 Å². The van der Waals surface area contributed by atoms with Crippen molar-refractivity contribution < 1.29 is 14.3 Å². The Labute approximate surface area is 216 Å². The van der Waals surface area contributed by atoms with Crippen LogP contribution in [0.25, 0.3) is 0 Å². The molecule has 3 fully saturated rings. The van der Waals surface area contributed by atoms with Gasteiger partial charge in [-0.15, -0.1) is 0 Å². The summed E-state index contributed by atoms with van der Waals surface area (Å²) in [5.41, 5.74) is 2.42. The van der Waals surface area contributed by atoms with E-state index in [2.05, 4.69) is 54.5 Å². The summed E-state index contributed by atoms with van der Waals surface area (Å²) in [6.45, 7) is 17.1. The third-order valence-electron chi connectivity index (χ3n) is 11.1. The van der Waals surface area contributed by atoms with Crippen molar-refractivity contribution in [3.63, 3.8) is 0 Å². The molecule has 200 valence electrons. The van der Waals surface area contributed by atoms with Gasteiger partial charge in [0.15, 0.2) is 0 Å². The van der Waals surface area contributed by atoms with Crippen molar-refractivity contribution in [2.75, 3.05) is 6.61 Å². The standard InChI is InChI=1S/C32H54O3/c1-21(2)9-8-10-23(5)27-13-14-28-26-12-11-24-19-25(35-30(33)34-20-22(3)4)15-17-31(24,6)29(26)16-18-32(27,28)7/h11,21-23,25-29H,8-10,12-20H2,1-7H3/t23-,25+,26+,27-,28+,29+,31+,32-/m1/s1. The van der Waals surface area contributed by atoms with Crippen LogP contribution in [0.3, 0.4) is 0 Å². The summed E-state index contributed by atoms with van der Waals surface area (Å²) in [6, 6.07) is 0. The molecule has 0 unspecified atom stereocenters. The molecular formula is C32H54O3. The van der Waals surface area contributed by atoms with Crippen LogP contribution < -0.4 is 0 Å². The van der Waals surface area contributed by atoms with Gasteiger partial charge < -0.3 is 9.47 Å². The van der Waals surface area contributed by atoms with Crippen molar-refractivity contribution in [3.05, 3.63) is 11.6 Å². The molecule has 0 aromatic carbocycles. The number of allylic oxidation sites excluding steroid dienone is 1. The minimum Gasteiger partial charge on any atom is -0.434 e. The number of carbonyl (C=O) groups is 1. The number of rotatable bonds is 8. The second-order valence-electron chi connectivity index (χ2n) is 14.2. The summed E-state index contributed by atoms with van der Waals surface area (Å²) in [6.07, 6.45) is 16.3. The molecule has 4 aliphatic rings. The fourth-order valence-corrected chi connectivity index (χ4v) is 9.16. The summed E-state index contributed by atoms with van der Waals surface area (Å²) >= 11 is 0. The lowest BCUT2D eigenvalue weighted by molar-refractivity contribution is -0.0620. The average Bonchev–Trinajstić information content (AvgIpc) is 3.15. The number of hydrogen-bond donors (Lipinski definition) is 0. The van der Waals surface area contributed by atoms with Gasteiger partial charge in [-0.2, -0.15) is 0 Å². The van der Waals surface area contributed by atoms with Crippen molar-refractivity contribution in [1.82, 2.24) is 0 Å². The van der Waals surface area contributed by atoms with E-state index in [0.29, 0.717) is 23.4 Å². The van der Waals surface area contributed by atoms with Crippen molar-refractivity contribution in [2.24, 2.45) is 52.3 Å². The van der Waals surface area contributed by atoms with Crippen LogP contribution in [0.4, 0.5) is 4.79 Å². The first-order chi connectivity index (χ1) is 16.5. The van der Waals surface area contributed by atoms with Crippen molar-refractivity contribution in [3.8, 4) is 0 Å². The fraction of sp³-hybridized carbons (Fsp3) is 0.906. The zero-order valence-electron chi connectivity index (χ0n) is 23.9. The first kappa shape index (κ1) is 27.1. The molecule has 3 saturated carbocycles. The van der Waals surface area contributed by atoms with Crippen LogP contribution in [-0.4, -0.2) is 18.9 Å². The highest BCUT2D eigenvalue weighted by Crippen LogP contribution is 2.67. The van der Waals surface area contributed by atoms with E-state index < -0.39 is 6.16 Å². The predicted octanol–water partition coefficient (Wildman–Crippen LogP) is 9.21. The molecule has 0 bridgehead atoms. The lowest BCUT2D eigenvalue weighted by atomic mass is 9.47. The molecule has 4 rings (SSSR count). The van der Waals surface area contributed by atoms with E-state index >= 15 is 0 Å². The average molecular weight is 487 g/mol. The highest BCUT2D eigenvalue weighted by atomic mass is 16.7. The highest BCUT2D eigenvalue weighted by molar-refractivity contribution is 5.60. The molecule has 4 aliphatic carbocycles. The molecular weight excluding hydrogens is 432 g/mol. The van der Waals surface area contributed by atoms with Crippen molar-refractivity contribution in [1.29, 1.82) is 0 Å². The molecule has 35 heavy (non-hydrogen) atoms. The summed E-state index contributed by atoms with van der Waals surface area (Å²) in [5, 5.41) is 0. The van der Waals surface area contributed by atoms with E-state index in [1.807, 2.05) is 0 Å². The summed E-state index contributed by atoms with van der Waals surface area (Å²) in [4.78, 5) is 12.2. The number of hydrogen-bond acceptors (Lipinski definition) is 3. The van der Waals surface area contributed by atoms with Crippen LogP contribution in [-0.2, 0) is 9.47 Å². The Kier molecular flexibility index (Phi) is 8.33. The van der Waals surface area contributed by atoms with Gasteiger partial charge in [0.25, 0.3) is 0 Å². The van der Waals surface area contributed by atoms with Crippen molar-refractivity contribution in [2.45, 2.75) is 125 Å². The topological polar surface area (TPSA) is 35.5 Å². The van der Waals surface area contributed by atoms with Gasteiger partial charge in [-0.1, -0.05) is 79.4 Å². The van der Waals surface area contributed by atoms with Crippen LogP contribution in [0.5, 0.6) is 0 Å². The van der Waals surface area contributed by atoms with E-state index in [4.69, 9.17) is 9.47 Å². The Morgan fingerprint density at radius 2 is 1.74 bits per heavy atom. The Balaban J connectivity index is 1.40. The molecule has 0 radical (unpaired) electrons. The number of ether oxygens (including phenoxy) is 2. The van der Waals surface area contributed by atoms with E-state index in [1.54, 1.807) is 5.57 Å². The van der Waals surface area contributed by atoms with E-state index in [0.717, 1.165) is 54.8 Å². The number of fused-ring (bicyclic) bond motifs is 5. The fourth-order valence-electron chi connectivity index (χ4n) is 9.16. The Morgan fingerprint density at radius 3 is 2.46 bits per heavy atom. The third kappa shape index (κ3) is 5.49. The van der Waals surface area contributed by atoms with Gasteiger partial charge in [-0.25, -0.2) is 4.79 Å². The van der Waals surface area contributed by atoms with E-state index in [-0.39, 0.29) is 6.10 Å². The molecule has 0 spiro atoms. The van der Waals surface area contributed by atoms with Crippen molar-refractivity contribution >= 4 is 6.16 Å². The molecule has 3 nitrogen and oxygen atoms in total. The van der Waals surface area contributed by atoms with Crippen LogP contribution in [0, 0.1) is 52.3 Å². The van der Waals surface area contributed by atoms with Gasteiger partial charge in [-0.3, -0.25) is 0 Å². The first-order valence-electron chi connectivity index (χ1n) is 15.1. The summed E-state index contributed by atoms with van der Waals surface area (Å²) < 4.78 is 11.0.